The number of carbonyl (C=O) groups excluding carboxylic acids is 1. The molecule has 1 aromatic carbocycles. The summed E-state index contributed by atoms with van der Waals surface area (Å²) in [6.07, 6.45) is 4.68. The van der Waals surface area contributed by atoms with Crippen LogP contribution in [0.5, 0.6) is 0 Å². The number of halogens is 2. The summed E-state index contributed by atoms with van der Waals surface area (Å²) in [7, 11) is 1.80. The SMILES string of the molecule is CN(Cc1cc(Cl)cc(Cl)c1)C(=O)CCCCCCN. The molecule has 0 spiro atoms. The van der Waals surface area contributed by atoms with Crippen LogP contribution in [0.2, 0.25) is 10.0 Å². The Bertz CT molecular complexity index is 418. The van der Waals surface area contributed by atoms with Gasteiger partial charge in [0.15, 0.2) is 0 Å². The molecule has 0 unspecified atom stereocenters. The Balaban J connectivity index is 2.37. The van der Waals surface area contributed by atoms with Crippen molar-refractivity contribution in [1.29, 1.82) is 0 Å². The standard InChI is InChI=1S/C15H22Cl2N2O/c1-19(15(20)6-4-2-3-5-7-18)11-12-8-13(16)10-14(17)9-12/h8-10H,2-7,11,18H2,1H3. The first-order valence-electron chi connectivity index (χ1n) is 6.92. The molecular formula is C15H22Cl2N2O. The second-order valence-electron chi connectivity index (χ2n) is 4.98. The van der Waals surface area contributed by atoms with Gasteiger partial charge in [0.2, 0.25) is 5.91 Å². The maximum atomic E-state index is 12.0. The highest BCUT2D eigenvalue weighted by Gasteiger charge is 2.09. The van der Waals surface area contributed by atoms with E-state index in [1.165, 1.54) is 0 Å². The molecule has 0 aromatic heterocycles. The van der Waals surface area contributed by atoms with Gasteiger partial charge in [0.25, 0.3) is 0 Å². The molecule has 0 heterocycles. The Labute approximate surface area is 131 Å². The van der Waals surface area contributed by atoms with E-state index in [2.05, 4.69) is 0 Å². The third-order valence-electron chi connectivity index (χ3n) is 3.11. The molecule has 0 bridgehead atoms. The van der Waals surface area contributed by atoms with Gasteiger partial charge in [-0.2, -0.15) is 0 Å². The smallest absolute Gasteiger partial charge is 0.222 e. The van der Waals surface area contributed by atoms with E-state index in [1.54, 1.807) is 18.0 Å². The molecule has 0 radical (unpaired) electrons. The van der Waals surface area contributed by atoms with Crippen molar-refractivity contribution in [2.45, 2.75) is 38.6 Å². The molecule has 0 atom stereocenters. The lowest BCUT2D eigenvalue weighted by Crippen LogP contribution is -2.25. The highest BCUT2D eigenvalue weighted by molar-refractivity contribution is 6.34. The van der Waals surface area contributed by atoms with Crippen LogP contribution in [0.3, 0.4) is 0 Å². The molecule has 0 fully saturated rings. The van der Waals surface area contributed by atoms with Gasteiger partial charge in [0.05, 0.1) is 0 Å². The van der Waals surface area contributed by atoms with Gasteiger partial charge in [-0.3, -0.25) is 4.79 Å². The van der Waals surface area contributed by atoms with Crippen molar-refractivity contribution in [2.75, 3.05) is 13.6 Å². The number of hydrogen-bond donors (Lipinski definition) is 1. The molecule has 0 saturated carbocycles. The van der Waals surface area contributed by atoms with Gasteiger partial charge in [-0.05, 0) is 43.1 Å². The van der Waals surface area contributed by atoms with Crippen LogP contribution >= 0.6 is 23.2 Å². The van der Waals surface area contributed by atoms with Crippen molar-refractivity contribution in [3.05, 3.63) is 33.8 Å². The van der Waals surface area contributed by atoms with Gasteiger partial charge in [-0.1, -0.05) is 36.0 Å². The number of amides is 1. The lowest BCUT2D eigenvalue weighted by atomic mass is 10.1. The summed E-state index contributed by atoms with van der Waals surface area (Å²) in [5, 5.41) is 1.19. The Morgan fingerprint density at radius 2 is 1.70 bits per heavy atom. The fourth-order valence-electron chi connectivity index (χ4n) is 2.03. The van der Waals surface area contributed by atoms with Crippen molar-refractivity contribution in [2.24, 2.45) is 5.73 Å². The molecule has 1 rings (SSSR count). The van der Waals surface area contributed by atoms with Crippen LogP contribution < -0.4 is 5.73 Å². The summed E-state index contributed by atoms with van der Waals surface area (Å²) < 4.78 is 0. The monoisotopic (exact) mass is 316 g/mol. The van der Waals surface area contributed by atoms with E-state index in [-0.39, 0.29) is 5.91 Å². The van der Waals surface area contributed by atoms with E-state index in [0.29, 0.717) is 23.0 Å². The summed E-state index contributed by atoms with van der Waals surface area (Å²) in [5.41, 5.74) is 6.38. The first-order chi connectivity index (χ1) is 9.52. The first-order valence-corrected chi connectivity index (χ1v) is 7.67. The minimum atomic E-state index is 0.147. The normalized spacial score (nSPS) is 10.6. The van der Waals surface area contributed by atoms with Gasteiger partial charge in [0, 0.05) is 30.1 Å². The zero-order valence-electron chi connectivity index (χ0n) is 11.9. The third kappa shape index (κ3) is 6.60. The topological polar surface area (TPSA) is 46.3 Å². The van der Waals surface area contributed by atoms with Gasteiger partial charge >= 0.3 is 0 Å². The predicted molar refractivity (Wildman–Crippen MR) is 85.1 cm³/mol. The Morgan fingerprint density at radius 3 is 2.30 bits per heavy atom. The number of rotatable bonds is 8. The van der Waals surface area contributed by atoms with Crippen LogP contribution in [0.25, 0.3) is 0 Å². The van der Waals surface area contributed by atoms with Crippen molar-refractivity contribution >= 4 is 29.1 Å². The molecule has 0 aliphatic heterocycles. The molecular weight excluding hydrogens is 295 g/mol. The number of nitrogens with zero attached hydrogens (tertiary/aromatic N) is 1. The average Bonchev–Trinajstić information content (AvgIpc) is 2.36. The molecule has 3 nitrogen and oxygen atoms in total. The van der Waals surface area contributed by atoms with Gasteiger partial charge in [0.1, 0.15) is 0 Å². The molecule has 0 aliphatic rings. The minimum Gasteiger partial charge on any atom is -0.341 e. The first kappa shape index (κ1) is 17.3. The number of nitrogens with two attached hydrogens (primary N) is 1. The molecule has 0 saturated heterocycles. The number of unbranched alkanes of at least 4 members (excludes halogenated alkanes) is 3. The zero-order chi connectivity index (χ0) is 15.0. The third-order valence-corrected chi connectivity index (χ3v) is 3.55. The van der Waals surface area contributed by atoms with Crippen LogP contribution in [0, 0.1) is 0 Å². The molecule has 0 aliphatic carbocycles. The van der Waals surface area contributed by atoms with E-state index in [9.17, 15) is 4.79 Å². The summed E-state index contributed by atoms with van der Waals surface area (Å²) in [4.78, 5) is 13.7. The van der Waals surface area contributed by atoms with E-state index < -0.39 is 0 Å². The molecule has 112 valence electrons. The summed E-state index contributed by atoms with van der Waals surface area (Å²) in [6.45, 7) is 1.26. The number of hydrogen-bond acceptors (Lipinski definition) is 2. The van der Waals surface area contributed by atoms with Crippen molar-refractivity contribution in [3.8, 4) is 0 Å². The average molecular weight is 317 g/mol. The molecule has 1 amide bonds. The Kier molecular flexibility index (Phi) is 7.97. The second kappa shape index (κ2) is 9.22. The largest absolute Gasteiger partial charge is 0.341 e. The van der Waals surface area contributed by atoms with Gasteiger partial charge in [-0.25, -0.2) is 0 Å². The van der Waals surface area contributed by atoms with Crippen LogP contribution in [0.1, 0.15) is 37.7 Å². The highest BCUT2D eigenvalue weighted by Crippen LogP contribution is 2.20. The van der Waals surface area contributed by atoms with Crippen LogP contribution in [0.4, 0.5) is 0 Å². The lowest BCUT2D eigenvalue weighted by molar-refractivity contribution is -0.130. The molecule has 20 heavy (non-hydrogen) atoms. The van der Waals surface area contributed by atoms with E-state index in [4.69, 9.17) is 28.9 Å². The van der Waals surface area contributed by atoms with Gasteiger partial charge < -0.3 is 10.6 Å². The van der Waals surface area contributed by atoms with Crippen molar-refractivity contribution in [1.82, 2.24) is 4.90 Å². The second-order valence-corrected chi connectivity index (χ2v) is 5.85. The lowest BCUT2D eigenvalue weighted by Gasteiger charge is -2.17. The van der Waals surface area contributed by atoms with E-state index >= 15 is 0 Å². The zero-order valence-corrected chi connectivity index (χ0v) is 13.4. The minimum absolute atomic E-state index is 0.147. The van der Waals surface area contributed by atoms with Crippen LogP contribution in [-0.2, 0) is 11.3 Å². The highest BCUT2D eigenvalue weighted by atomic mass is 35.5. The summed E-state index contributed by atoms with van der Waals surface area (Å²) in [6, 6.07) is 5.35. The molecule has 5 heteroatoms. The molecule has 1 aromatic rings. The Morgan fingerprint density at radius 1 is 1.10 bits per heavy atom. The van der Waals surface area contributed by atoms with Crippen molar-refractivity contribution < 1.29 is 4.79 Å². The fraction of sp³-hybridized carbons (Fsp3) is 0.533. The number of carbonyl (C=O) groups is 1. The summed E-state index contributed by atoms with van der Waals surface area (Å²) >= 11 is 11.9. The Hall–Kier alpha value is -0.770. The molecule has 2 N–H and O–H groups in total. The quantitative estimate of drug-likeness (QED) is 0.740. The maximum absolute atomic E-state index is 12.0. The van der Waals surface area contributed by atoms with Gasteiger partial charge in [-0.15, -0.1) is 0 Å². The maximum Gasteiger partial charge on any atom is 0.222 e. The van der Waals surface area contributed by atoms with Crippen LogP contribution in [-0.4, -0.2) is 24.4 Å². The number of benzene rings is 1. The van der Waals surface area contributed by atoms with Crippen molar-refractivity contribution in [3.63, 3.8) is 0 Å². The predicted octanol–water partition coefficient (Wildman–Crippen LogP) is 3.86. The summed E-state index contributed by atoms with van der Waals surface area (Å²) in [5.74, 6) is 0.147. The van der Waals surface area contributed by atoms with Crippen LogP contribution in [0.15, 0.2) is 18.2 Å². The fourth-order valence-corrected chi connectivity index (χ4v) is 2.60. The van der Waals surface area contributed by atoms with E-state index in [1.807, 2.05) is 12.1 Å². The van der Waals surface area contributed by atoms with E-state index in [0.717, 1.165) is 37.8 Å².